The van der Waals surface area contributed by atoms with E-state index in [1.54, 1.807) is 18.7 Å². The molecule has 3 aliphatic rings. The van der Waals surface area contributed by atoms with E-state index < -0.39 is 53.6 Å². The van der Waals surface area contributed by atoms with Crippen molar-refractivity contribution in [3.05, 3.63) is 24.3 Å². The average Bonchev–Trinajstić information content (AvgIpc) is 3.77. The molecular weight excluding hydrogens is 590 g/mol. The molecule has 1 aliphatic heterocycles. The molecule has 2 unspecified atom stereocenters. The Morgan fingerprint density at radius 1 is 0.891 bits per heavy atom. The van der Waals surface area contributed by atoms with Crippen molar-refractivity contribution in [1.82, 2.24) is 36.1 Å². The van der Waals surface area contributed by atoms with E-state index in [2.05, 4.69) is 31.2 Å². The molecule has 1 aromatic rings. The number of carbonyl (C=O) groups is 6. The number of hydrogen-bond acceptors (Lipinski definition) is 8. The van der Waals surface area contributed by atoms with Gasteiger partial charge in [0, 0.05) is 24.5 Å². The highest BCUT2D eigenvalue weighted by molar-refractivity contribution is 6.38. The highest BCUT2D eigenvalue weighted by Crippen LogP contribution is 2.40. The van der Waals surface area contributed by atoms with Gasteiger partial charge in [0.25, 0.3) is 11.8 Å². The maximum absolute atomic E-state index is 14.4. The second-order valence-electron chi connectivity index (χ2n) is 13.6. The molecule has 13 nitrogen and oxygen atoms in total. The van der Waals surface area contributed by atoms with E-state index in [9.17, 15) is 28.8 Å². The van der Waals surface area contributed by atoms with Gasteiger partial charge in [0.2, 0.25) is 23.5 Å². The number of Topliss-reactive ketones (excluding diaryl/α,β-unsaturated/α-hetero) is 1. The van der Waals surface area contributed by atoms with Gasteiger partial charge in [-0.15, -0.1) is 0 Å². The van der Waals surface area contributed by atoms with E-state index in [4.69, 9.17) is 0 Å². The van der Waals surface area contributed by atoms with Crippen LogP contribution >= 0.6 is 0 Å². The number of nitrogens with zero attached hydrogens (tertiary/aromatic N) is 3. The van der Waals surface area contributed by atoms with E-state index in [1.165, 1.54) is 18.6 Å². The zero-order chi connectivity index (χ0) is 33.5. The van der Waals surface area contributed by atoms with Crippen molar-refractivity contribution in [2.24, 2.45) is 17.8 Å². The van der Waals surface area contributed by atoms with Gasteiger partial charge in [0.1, 0.15) is 23.8 Å². The van der Waals surface area contributed by atoms with Crippen LogP contribution in [0, 0.1) is 17.8 Å². The molecule has 0 radical (unpaired) electrons. The first-order valence-electron chi connectivity index (χ1n) is 16.8. The van der Waals surface area contributed by atoms with Gasteiger partial charge in [-0.1, -0.05) is 53.9 Å². The minimum absolute atomic E-state index is 0.0132. The standard InChI is InChI=1S/C33H49N7O6/c1-6-9-22(28(41)32(45)36-21-12-13-21)37-30(43)25-16-20-10-7-8-11-24(20)40(25)33(46)27(19(4)5)39-31(44)26(18(2)3)38-29(42)23-17-34-14-15-35-23/h14-15,17-22,24-27H,6-13,16H2,1-5H3,(H,36,45)(H,37,43)(H,38,42)(H,39,44)/t20-,22?,24-,25-,26?,27-/m0/s1. The number of aromatic nitrogens is 2. The third kappa shape index (κ3) is 8.47. The molecule has 13 heteroatoms. The summed E-state index contributed by atoms with van der Waals surface area (Å²) in [7, 11) is 0. The normalized spacial score (nSPS) is 22.8. The molecule has 46 heavy (non-hydrogen) atoms. The lowest BCUT2D eigenvalue weighted by atomic mass is 9.84. The Hall–Kier alpha value is -3.90. The number of likely N-dealkylation sites (tertiary alicyclic amines) is 1. The largest absolute Gasteiger partial charge is 0.347 e. The Balaban J connectivity index is 1.52. The molecule has 2 saturated carbocycles. The highest BCUT2D eigenvalue weighted by atomic mass is 16.2. The smallest absolute Gasteiger partial charge is 0.289 e. The Morgan fingerprint density at radius 3 is 2.20 bits per heavy atom. The monoisotopic (exact) mass is 639 g/mol. The van der Waals surface area contributed by atoms with Crippen LogP contribution in [0.1, 0.15) is 103 Å². The number of fused-ring (bicyclic) bond motifs is 1. The lowest BCUT2D eigenvalue weighted by Crippen LogP contribution is -2.61. The third-order valence-corrected chi connectivity index (χ3v) is 9.25. The van der Waals surface area contributed by atoms with E-state index >= 15 is 0 Å². The number of nitrogens with one attached hydrogen (secondary N) is 4. The predicted molar refractivity (Wildman–Crippen MR) is 169 cm³/mol. The molecule has 5 amide bonds. The Bertz CT molecular complexity index is 1280. The maximum Gasteiger partial charge on any atom is 0.289 e. The fraction of sp³-hybridized carbons (Fsp3) is 0.697. The van der Waals surface area contributed by atoms with E-state index in [0.717, 1.165) is 38.5 Å². The molecule has 1 saturated heterocycles. The van der Waals surface area contributed by atoms with Crippen molar-refractivity contribution < 1.29 is 28.8 Å². The minimum Gasteiger partial charge on any atom is -0.347 e. The summed E-state index contributed by atoms with van der Waals surface area (Å²) < 4.78 is 0. The summed E-state index contributed by atoms with van der Waals surface area (Å²) >= 11 is 0. The van der Waals surface area contributed by atoms with Crippen molar-refractivity contribution in [2.75, 3.05) is 0 Å². The molecule has 2 aliphatic carbocycles. The van der Waals surface area contributed by atoms with Crippen molar-refractivity contribution >= 4 is 35.3 Å². The molecule has 4 N–H and O–H groups in total. The lowest BCUT2D eigenvalue weighted by molar-refractivity contribution is -0.146. The molecule has 252 valence electrons. The van der Waals surface area contributed by atoms with Crippen molar-refractivity contribution in [1.29, 1.82) is 0 Å². The highest BCUT2D eigenvalue weighted by Gasteiger charge is 2.50. The summed E-state index contributed by atoms with van der Waals surface area (Å²) in [4.78, 5) is 89.9. The van der Waals surface area contributed by atoms with Crippen molar-refractivity contribution in [2.45, 2.75) is 129 Å². The Morgan fingerprint density at radius 2 is 1.59 bits per heavy atom. The summed E-state index contributed by atoms with van der Waals surface area (Å²) in [5.41, 5.74) is 0.0663. The Kier molecular flexibility index (Phi) is 11.9. The second kappa shape index (κ2) is 15.6. The van der Waals surface area contributed by atoms with Gasteiger partial charge in [-0.25, -0.2) is 4.98 Å². The summed E-state index contributed by atoms with van der Waals surface area (Å²) in [5, 5.41) is 11.1. The molecule has 1 aromatic heterocycles. The van der Waals surface area contributed by atoms with Gasteiger partial charge >= 0.3 is 0 Å². The quantitative estimate of drug-likeness (QED) is 0.222. The molecule has 6 atom stereocenters. The molecule has 3 fully saturated rings. The summed E-state index contributed by atoms with van der Waals surface area (Å²) in [5.74, 6) is -3.79. The van der Waals surface area contributed by atoms with Gasteiger partial charge in [0.05, 0.1) is 12.2 Å². The zero-order valence-electron chi connectivity index (χ0n) is 27.6. The molecule has 0 spiro atoms. The number of ketones is 1. The van der Waals surface area contributed by atoms with Crippen LogP contribution in [0.4, 0.5) is 0 Å². The molecule has 0 aromatic carbocycles. The van der Waals surface area contributed by atoms with E-state index in [0.29, 0.717) is 19.3 Å². The fourth-order valence-corrected chi connectivity index (χ4v) is 6.56. The van der Waals surface area contributed by atoms with Crippen molar-refractivity contribution in [3.63, 3.8) is 0 Å². The minimum atomic E-state index is -0.985. The number of hydrogen-bond donors (Lipinski definition) is 4. The van der Waals surface area contributed by atoms with Gasteiger partial charge in [-0.3, -0.25) is 33.8 Å². The van der Waals surface area contributed by atoms with E-state index in [-0.39, 0.29) is 41.4 Å². The second-order valence-corrected chi connectivity index (χ2v) is 13.6. The lowest BCUT2D eigenvalue weighted by Gasteiger charge is -2.37. The van der Waals surface area contributed by atoms with Crippen LogP contribution in [0.3, 0.4) is 0 Å². The van der Waals surface area contributed by atoms with Crippen LogP contribution in [-0.2, 0) is 24.0 Å². The number of rotatable bonds is 14. The maximum atomic E-state index is 14.4. The summed E-state index contributed by atoms with van der Waals surface area (Å²) in [6.45, 7) is 9.10. The zero-order valence-corrected chi connectivity index (χ0v) is 27.6. The molecule has 0 bridgehead atoms. The van der Waals surface area contributed by atoms with Crippen molar-refractivity contribution in [3.8, 4) is 0 Å². The van der Waals surface area contributed by atoms with Gasteiger partial charge in [-0.2, -0.15) is 0 Å². The van der Waals surface area contributed by atoms with Crippen LogP contribution in [0.2, 0.25) is 0 Å². The number of amides is 5. The molecule has 4 rings (SSSR count). The SMILES string of the molecule is CCCC(NC(=O)[C@@H]1C[C@@H]2CCCC[C@@H]2N1C(=O)[C@@H](NC(=O)C(NC(=O)c1cnccn1)C(C)C)C(C)C)C(=O)C(=O)NC1CC1. The number of carbonyl (C=O) groups excluding carboxylic acids is 6. The van der Waals surface area contributed by atoms with Crippen LogP contribution < -0.4 is 21.3 Å². The predicted octanol–water partition coefficient (Wildman–Crippen LogP) is 1.66. The van der Waals surface area contributed by atoms with E-state index in [1.807, 2.05) is 20.8 Å². The topological polar surface area (TPSA) is 180 Å². The first kappa shape index (κ1) is 35.0. The van der Waals surface area contributed by atoms with Crippen LogP contribution in [0.5, 0.6) is 0 Å². The molecule has 2 heterocycles. The first-order valence-corrected chi connectivity index (χ1v) is 16.8. The summed E-state index contributed by atoms with van der Waals surface area (Å²) in [6.07, 6.45) is 10.7. The van der Waals surface area contributed by atoms with Crippen LogP contribution in [0.15, 0.2) is 18.6 Å². The molecular formula is C33H49N7O6. The fourth-order valence-electron chi connectivity index (χ4n) is 6.56. The Labute approximate surface area is 270 Å². The third-order valence-electron chi connectivity index (χ3n) is 9.25. The average molecular weight is 640 g/mol. The van der Waals surface area contributed by atoms with Crippen LogP contribution in [-0.4, -0.2) is 86.4 Å². The summed E-state index contributed by atoms with van der Waals surface area (Å²) in [6, 6.07) is -3.90. The van der Waals surface area contributed by atoms with Gasteiger partial charge in [0.15, 0.2) is 0 Å². The van der Waals surface area contributed by atoms with Crippen LogP contribution in [0.25, 0.3) is 0 Å². The van der Waals surface area contributed by atoms with Gasteiger partial charge in [-0.05, 0) is 56.3 Å². The van der Waals surface area contributed by atoms with Gasteiger partial charge < -0.3 is 26.2 Å². The first-order chi connectivity index (χ1) is 21.9.